The van der Waals surface area contributed by atoms with Crippen molar-refractivity contribution < 1.29 is 9.59 Å². The van der Waals surface area contributed by atoms with Gasteiger partial charge in [-0.05, 0) is 25.7 Å². The summed E-state index contributed by atoms with van der Waals surface area (Å²) in [7, 11) is 0. The Morgan fingerprint density at radius 2 is 1.86 bits per heavy atom. The Kier molecular flexibility index (Phi) is 2.66. The highest BCUT2D eigenvalue weighted by Crippen LogP contribution is 2.22. The first-order valence-electron chi connectivity index (χ1n) is 5.28. The van der Waals surface area contributed by atoms with Gasteiger partial charge >= 0.3 is 0 Å². The molecule has 3 nitrogen and oxygen atoms in total. The maximum atomic E-state index is 11.3. The highest BCUT2D eigenvalue weighted by Gasteiger charge is 2.28. The van der Waals surface area contributed by atoms with Gasteiger partial charge in [-0.15, -0.1) is 0 Å². The maximum Gasteiger partial charge on any atom is 0.229 e. The van der Waals surface area contributed by atoms with Crippen LogP contribution in [0.2, 0.25) is 0 Å². The molecule has 2 aliphatic rings. The SMILES string of the molecule is O=C1CCC(=O)N1CCC1=CCCC1. The number of likely N-dealkylation sites (tertiary alicyclic amines) is 1. The molecular formula is C11H15NO2. The Balaban J connectivity index is 1.85. The molecule has 76 valence electrons. The molecule has 3 heteroatoms. The van der Waals surface area contributed by atoms with Crippen molar-refractivity contribution in [1.29, 1.82) is 0 Å². The van der Waals surface area contributed by atoms with Crippen molar-refractivity contribution >= 4 is 11.8 Å². The van der Waals surface area contributed by atoms with Crippen LogP contribution in [0.1, 0.15) is 38.5 Å². The molecule has 1 aliphatic heterocycles. The van der Waals surface area contributed by atoms with E-state index in [1.165, 1.54) is 16.9 Å². The van der Waals surface area contributed by atoms with E-state index in [9.17, 15) is 9.59 Å². The summed E-state index contributed by atoms with van der Waals surface area (Å²) in [5.41, 5.74) is 1.41. The van der Waals surface area contributed by atoms with Gasteiger partial charge in [0.05, 0.1) is 0 Å². The molecule has 0 aromatic rings. The van der Waals surface area contributed by atoms with E-state index in [-0.39, 0.29) is 11.8 Å². The van der Waals surface area contributed by atoms with Crippen LogP contribution in [0.3, 0.4) is 0 Å². The molecular weight excluding hydrogens is 178 g/mol. The van der Waals surface area contributed by atoms with Crippen molar-refractivity contribution in [2.75, 3.05) is 6.54 Å². The lowest BCUT2D eigenvalue weighted by Gasteiger charge is -2.13. The Morgan fingerprint density at radius 3 is 2.43 bits per heavy atom. The lowest BCUT2D eigenvalue weighted by atomic mass is 10.1. The summed E-state index contributed by atoms with van der Waals surface area (Å²) in [6.07, 6.45) is 7.50. The minimum atomic E-state index is 0.00796. The van der Waals surface area contributed by atoms with Crippen LogP contribution in [0, 0.1) is 0 Å². The molecule has 0 atom stereocenters. The Labute approximate surface area is 83.8 Å². The summed E-state index contributed by atoms with van der Waals surface area (Å²) in [6.45, 7) is 0.601. The number of carbonyl (C=O) groups is 2. The molecule has 0 aromatic heterocycles. The second-order valence-corrected chi connectivity index (χ2v) is 3.94. The smallest absolute Gasteiger partial charge is 0.229 e. The third kappa shape index (κ3) is 1.86. The van der Waals surface area contributed by atoms with Gasteiger partial charge in [0.1, 0.15) is 0 Å². The van der Waals surface area contributed by atoms with E-state index in [4.69, 9.17) is 0 Å². The first-order chi connectivity index (χ1) is 6.77. The van der Waals surface area contributed by atoms with Crippen molar-refractivity contribution in [3.8, 4) is 0 Å². The summed E-state index contributed by atoms with van der Waals surface area (Å²) in [6, 6.07) is 0. The van der Waals surface area contributed by atoms with Gasteiger partial charge in [0.2, 0.25) is 11.8 Å². The van der Waals surface area contributed by atoms with Gasteiger partial charge in [0.25, 0.3) is 0 Å². The monoisotopic (exact) mass is 193 g/mol. The van der Waals surface area contributed by atoms with E-state index in [1.54, 1.807) is 0 Å². The zero-order chi connectivity index (χ0) is 9.97. The molecule has 1 fully saturated rings. The number of allylic oxidation sites excluding steroid dienone is 1. The van der Waals surface area contributed by atoms with Crippen molar-refractivity contribution in [2.45, 2.75) is 38.5 Å². The first kappa shape index (κ1) is 9.44. The number of carbonyl (C=O) groups excluding carboxylic acids is 2. The van der Waals surface area contributed by atoms with Crippen LogP contribution in [0.25, 0.3) is 0 Å². The van der Waals surface area contributed by atoms with Crippen LogP contribution in [0.4, 0.5) is 0 Å². The van der Waals surface area contributed by atoms with Crippen LogP contribution < -0.4 is 0 Å². The molecule has 0 aromatic carbocycles. The minimum absolute atomic E-state index is 0.00796. The first-order valence-corrected chi connectivity index (χ1v) is 5.28. The number of hydrogen-bond donors (Lipinski definition) is 0. The van der Waals surface area contributed by atoms with Crippen LogP contribution >= 0.6 is 0 Å². The van der Waals surface area contributed by atoms with Crippen LogP contribution in [0.15, 0.2) is 11.6 Å². The van der Waals surface area contributed by atoms with Gasteiger partial charge in [0, 0.05) is 19.4 Å². The van der Waals surface area contributed by atoms with Gasteiger partial charge in [-0.3, -0.25) is 14.5 Å². The van der Waals surface area contributed by atoms with Gasteiger partial charge in [-0.1, -0.05) is 11.6 Å². The van der Waals surface area contributed by atoms with Crippen molar-refractivity contribution in [1.82, 2.24) is 4.90 Å². The molecule has 1 saturated heterocycles. The molecule has 0 N–H and O–H groups in total. The molecule has 1 heterocycles. The van der Waals surface area contributed by atoms with E-state index >= 15 is 0 Å². The van der Waals surface area contributed by atoms with E-state index in [1.807, 2.05) is 0 Å². The average molecular weight is 193 g/mol. The van der Waals surface area contributed by atoms with E-state index in [0.717, 1.165) is 19.3 Å². The van der Waals surface area contributed by atoms with Gasteiger partial charge in [0.15, 0.2) is 0 Å². The second-order valence-electron chi connectivity index (χ2n) is 3.94. The predicted octanol–water partition coefficient (Wildman–Crippen LogP) is 1.64. The van der Waals surface area contributed by atoms with Crippen molar-refractivity contribution in [3.63, 3.8) is 0 Å². The van der Waals surface area contributed by atoms with E-state index in [0.29, 0.717) is 19.4 Å². The molecule has 2 amide bonds. The number of imide groups is 1. The molecule has 2 rings (SSSR count). The fourth-order valence-corrected chi connectivity index (χ4v) is 2.09. The molecule has 0 unspecified atom stereocenters. The Hall–Kier alpha value is -1.12. The number of amides is 2. The number of hydrogen-bond acceptors (Lipinski definition) is 2. The highest BCUT2D eigenvalue weighted by atomic mass is 16.2. The zero-order valence-corrected chi connectivity index (χ0v) is 8.29. The largest absolute Gasteiger partial charge is 0.282 e. The zero-order valence-electron chi connectivity index (χ0n) is 8.29. The summed E-state index contributed by atoms with van der Waals surface area (Å²) in [4.78, 5) is 24.0. The summed E-state index contributed by atoms with van der Waals surface area (Å²) in [5.74, 6) is 0.0159. The minimum Gasteiger partial charge on any atom is -0.282 e. The van der Waals surface area contributed by atoms with Crippen LogP contribution in [0.5, 0.6) is 0 Å². The fourth-order valence-electron chi connectivity index (χ4n) is 2.09. The summed E-state index contributed by atoms with van der Waals surface area (Å²) < 4.78 is 0. The third-order valence-electron chi connectivity index (χ3n) is 2.95. The molecule has 1 aliphatic carbocycles. The fraction of sp³-hybridized carbons (Fsp3) is 0.636. The van der Waals surface area contributed by atoms with Crippen molar-refractivity contribution in [2.24, 2.45) is 0 Å². The normalized spacial score (nSPS) is 22.0. The molecule has 0 spiro atoms. The predicted molar refractivity (Wildman–Crippen MR) is 52.5 cm³/mol. The molecule has 0 bridgehead atoms. The van der Waals surface area contributed by atoms with Gasteiger partial charge < -0.3 is 0 Å². The second kappa shape index (κ2) is 3.95. The number of nitrogens with zero attached hydrogens (tertiary/aromatic N) is 1. The molecule has 0 saturated carbocycles. The molecule has 0 radical (unpaired) electrons. The van der Waals surface area contributed by atoms with E-state index in [2.05, 4.69) is 6.08 Å². The highest BCUT2D eigenvalue weighted by molar-refractivity contribution is 6.01. The Bertz CT molecular complexity index is 278. The summed E-state index contributed by atoms with van der Waals surface area (Å²) in [5, 5.41) is 0. The maximum absolute atomic E-state index is 11.3. The standard InChI is InChI=1S/C11H15NO2/c13-10-5-6-11(14)12(10)8-7-9-3-1-2-4-9/h3H,1-2,4-8H2. The quantitative estimate of drug-likeness (QED) is 0.504. The van der Waals surface area contributed by atoms with Gasteiger partial charge in [-0.2, -0.15) is 0 Å². The van der Waals surface area contributed by atoms with Crippen LogP contribution in [-0.4, -0.2) is 23.3 Å². The third-order valence-corrected chi connectivity index (χ3v) is 2.95. The summed E-state index contributed by atoms with van der Waals surface area (Å²) >= 11 is 0. The lowest BCUT2D eigenvalue weighted by molar-refractivity contribution is -0.138. The average Bonchev–Trinajstić information content (AvgIpc) is 2.76. The van der Waals surface area contributed by atoms with Crippen LogP contribution in [-0.2, 0) is 9.59 Å². The van der Waals surface area contributed by atoms with Crippen molar-refractivity contribution in [3.05, 3.63) is 11.6 Å². The topological polar surface area (TPSA) is 37.4 Å². The van der Waals surface area contributed by atoms with Gasteiger partial charge in [-0.25, -0.2) is 0 Å². The molecule has 14 heavy (non-hydrogen) atoms. The lowest BCUT2D eigenvalue weighted by Crippen LogP contribution is -2.30. The number of rotatable bonds is 3. The Morgan fingerprint density at radius 1 is 1.14 bits per heavy atom. The van der Waals surface area contributed by atoms with E-state index < -0.39 is 0 Å².